The smallest absolute Gasteiger partial charge is 0.223 e. The average Bonchev–Trinajstić information content (AvgIpc) is 3.55. The molecule has 28 heavy (non-hydrogen) atoms. The average molecular weight is 444 g/mol. The Morgan fingerprint density at radius 3 is 2.54 bits per heavy atom. The van der Waals surface area contributed by atoms with Gasteiger partial charge in [-0.3, -0.25) is 9.59 Å². The third-order valence-corrected chi connectivity index (χ3v) is 5.47. The number of hydrogen-bond donors (Lipinski definition) is 0. The molecule has 1 aliphatic heterocycles. The quantitative estimate of drug-likeness (QED) is 0.595. The highest BCUT2D eigenvalue weighted by Gasteiger charge is 2.32. The molecule has 0 aromatic heterocycles. The van der Waals surface area contributed by atoms with E-state index >= 15 is 0 Å². The molecule has 0 unspecified atom stereocenters. The Morgan fingerprint density at radius 2 is 1.79 bits per heavy atom. The van der Waals surface area contributed by atoms with Gasteiger partial charge in [0.25, 0.3) is 0 Å². The van der Waals surface area contributed by atoms with Crippen LogP contribution in [0, 0.1) is 0 Å². The first-order valence-corrected chi connectivity index (χ1v) is 10.4. The molecule has 0 spiro atoms. The molecule has 1 saturated carbocycles. The molecule has 2 aliphatic rings. The number of rotatable bonds is 7. The van der Waals surface area contributed by atoms with E-state index in [1.165, 1.54) is 0 Å². The number of ketones is 1. The van der Waals surface area contributed by atoms with E-state index in [-0.39, 0.29) is 24.5 Å². The van der Waals surface area contributed by atoms with Gasteiger partial charge < -0.3 is 14.4 Å². The van der Waals surface area contributed by atoms with Crippen molar-refractivity contribution >= 4 is 27.6 Å². The number of nitrogens with zero attached hydrogens (tertiary/aromatic N) is 1. The van der Waals surface area contributed by atoms with Gasteiger partial charge in [0.1, 0.15) is 13.2 Å². The molecule has 2 aromatic rings. The Bertz CT molecular complexity index is 894. The summed E-state index contributed by atoms with van der Waals surface area (Å²) >= 11 is 3.48. The van der Waals surface area contributed by atoms with Crippen molar-refractivity contribution in [2.45, 2.75) is 38.3 Å². The molecular formula is C22H22BrNO4. The maximum atomic E-state index is 12.8. The van der Waals surface area contributed by atoms with Crippen LogP contribution < -0.4 is 9.47 Å². The zero-order chi connectivity index (χ0) is 19.5. The van der Waals surface area contributed by atoms with Crippen LogP contribution in [0.1, 0.15) is 41.6 Å². The first-order valence-electron chi connectivity index (χ1n) is 9.57. The Labute approximate surface area is 172 Å². The summed E-state index contributed by atoms with van der Waals surface area (Å²) in [4.78, 5) is 27.3. The number of hydrogen-bond acceptors (Lipinski definition) is 4. The van der Waals surface area contributed by atoms with Crippen LogP contribution in [0.3, 0.4) is 0 Å². The number of fused-ring (bicyclic) bond motifs is 1. The summed E-state index contributed by atoms with van der Waals surface area (Å²) in [6.07, 6.45) is 2.49. The van der Waals surface area contributed by atoms with E-state index in [1.807, 2.05) is 29.2 Å². The zero-order valence-corrected chi connectivity index (χ0v) is 17.1. The molecule has 1 heterocycles. The molecule has 1 fully saturated rings. The monoisotopic (exact) mass is 443 g/mol. The van der Waals surface area contributed by atoms with Crippen molar-refractivity contribution in [1.82, 2.24) is 4.90 Å². The van der Waals surface area contributed by atoms with Gasteiger partial charge in [0, 0.05) is 35.5 Å². The number of ether oxygens (including phenoxy) is 2. The van der Waals surface area contributed by atoms with Gasteiger partial charge in [-0.15, -0.1) is 0 Å². The van der Waals surface area contributed by atoms with E-state index in [2.05, 4.69) is 15.9 Å². The first-order chi connectivity index (χ1) is 13.6. The molecule has 0 bridgehead atoms. The summed E-state index contributed by atoms with van der Waals surface area (Å²) < 4.78 is 12.0. The lowest BCUT2D eigenvalue weighted by atomic mass is 10.0. The summed E-state index contributed by atoms with van der Waals surface area (Å²) in [5.41, 5.74) is 1.65. The van der Waals surface area contributed by atoms with Crippen LogP contribution in [0.4, 0.5) is 0 Å². The predicted molar refractivity (Wildman–Crippen MR) is 109 cm³/mol. The normalized spacial score (nSPS) is 15.2. The van der Waals surface area contributed by atoms with E-state index in [1.54, 1.807) is 18.2 Å². The van der Waals surface area contributed by atoms with E-state index in [9.17, 15) is 9.59 Å². The summed E-state index contributed by atoms with van der Waals surface area (Å²) in [5.74, 6) is 1.24. The van der Waals surface area contributed by atoms with Gasteiger partial charge in [0.05, 0.1) is 0 Å². The molecule has 146 valence electrons. The number of carbonyl (C=O) groups is 2. The van der Waals surface area contributed by atoms with Crippen LogP contribution in [-0.2, 0) is 11.3 Å². The van der Waals surface area contributed by atoms with Crippen molar-refractivity contribution in [2.75, 3.05) is 13.2 Å². The van der Waals surface area contributed by atoms with Crippen LogP contribution in [0.15, 0.2) is 46.9 Å². The van der Waals surface area contributed by atoms with E-state index in [0.29, 0.717) is 42.9 Å². The molecule has 0 atom stereocenters. The SMILES string of the molecule is O=C(CCC(=O)N(Cc1cccc(Br)c1)C1CC1)c1ccc2c(c1)OCCO2. The topological polar surface area (TPSA) is 55.8 Å². The summed E-state index contributed by atoms with van der Waals surface area (Å²) in [6.45, 7) is 1.58. The lowest BCUT2D eigenvalue weighted by molar-refractivity contribution is -0.132. The first kappa shape index (κ1) is 19.0. The second-order valence-corrected chi connectivity index (χ2v) is 8.08. The maximum absolute atomic E-state index is 12.8. The molecule has 0 saturated heterocycles. The Balaban J connectivity index is 1.37. The van der Waals surface area contributed by atoms with E-state index in [4.69, 9.17) is 9.47 Å². The van der Waals surface area contributed by atoms with Crippen molar-refractivity contribution in [3.8, 4) is 11.5 Å². The lowest BCUT2D eigenvalue weighted by Gasteiger charge is -2.23. The molecule has 0 radical (unpaired) electrons. The van der Waals surface area contributed by atoms with Gasteiger partial charge in [-0.1, -0.05) is 28.1 Å². The van der Waals surface area contributed by atoms with Gasteiger partial charge in [0.2, 0.25) is 5.91 Å². The van der Waals surface area contributed by atoms with E-state index in [0.717, 1.165) is 22.9 Å². The standard InChI is InChI=1S/C22H22BrNO4/c23-17-3-1-2-15(12-17)14-24(18-5-6-18)22(26)9-7-19(25)16-4-8-20-21(13-16)28-11-10-27-20/h1-4,8,12-13,18H,5-7,9-11,14H2. The Kier molecular flexibility index (Phi) is 5.67. The molecule has 1 aliphatic carbocycles. The van der Waals surface area contributed by atoms with Gasteiger partial charge >= 0.3 is 0 Å². The Morgan fingerprint density at radius 1 is 1.00 bits per heavy atom. The molecular weight excluding hydrogens is 422 g/mol. The third-order valence-electron chi connectivity index (χ3n) is 4.98. The molecule has 0 N–H and O–H groups in total. The summed E-state index contributed by atoms with van der Waals surface area (Å²) in [7, 11) is 0. The van der Waals surface area contributed by atoms with Crippen LogP contribution in [0.25, 0.3) is 0 Å². The largest absolute Gasteiger partial charge is 0.486 e. The van der Waals surface area contributed by atoms with Crippen molar-refractivity contribution in [3.05, 3.63) is 58.1 Å². The second-order valence-electron chi connectivity index (χ2n) is 7.16. The lowest BCUT2D eigenvalue weighted by Crippen LogP contribution is -2.32. The van der Waals surface area contributed by atoms with Crippen molar-refractivity contribution in [3.63, 3.8) is 0 Å². The number of carbonyl (C=O) groups excluding carboxylic acids is 2. The number of amides is 1. The summed E-state index contributed by atoms with van der Waals surface area (Å²) in [5, 5.41) is 0. The van der Waals surface area contributed by atoms with Crippen LogP contribution in [-0.4, -0.2) is 35.8 Å². The fourth-order valence-corrected chi connectivity index (χ4v) is 3.81. The molecule has 2 aromatic carbocycles. The molecule has 5 nitrogen and oxygen atoms in total. The minimum Gasteiger partial charge on any atom is -0.486 e. The fraction of sp³-hybridized carbons (Fsp3) is 0.364. The van der Waals surface area contributed by atoms with Gasteiger partial charge in [-0.2, -0.15) is 0 Å². The predicted octanol–water partition coefficient (Wildman–Crippen LogP) is 4.37. The highest BCUT2D eigenvalue weighted by atomic mass is 79.9. The highest BCUT2D eigenvalue weighted by Crippen LogP contribution is 2.32. The van der Waals surface area contributed by atoms with Gasteiger partial charge in [-0.05, 0) is 48.7 Å². The molecule has 1 amide bonds. The highest BCUT2D eigenvalue weighted by molar-refractivity contribution is 9.10. The molecule has 6 heteroatoms. The minimum atomic E-state index is -0.0523. The number of benzene rings is 2. The van der Waals surface area contributed by atoms with Crippen molar-refractivity contribution in [2.24, 2.45) is 0 Å². The van der Waals surface area contributed by atoms with E-state index < -0.39 is 0 Å². The summed E-state index contributed by atoms with van der Waals surface area (Å²) in [6, 6.07) is 13.5. The van der Waals surface area contributed by atoms with Crippen LogP contribution in [0.2, 0.25) is 0 Å². The second kappa shape index (κ2) is 8.35. The minimum absolute atomic E-state index is 0.0355. The zero-order valence-electron chi connectivity index (χ0n) is 15.5. The maximum Gasteiger partial charge on any atom is 0.223 e. The fourth-order valence-electron chi connectivity index (χ4n) is 3.36. The van der Waals surface area contributed by atoms with Crippen molar-refractivity contribution in [1.29, 1.82) is 0 Å². The van der Waals surface area contributed by atoms with Crippen LogP contribution >= 0.6 is 15.9 Å². The van der Waals surface area contributed by atoms with Crippen molar-refractivity contribution < 1.29 is 19.1 Å². The Hall–Kier alpha value is -2.34. The number of halogens is 1. The van der Waals surface area contributed by atoms with Gasteiger partial charge in [0.15, 0.2) is 17.3 Å². The van der Waals surface area contributed by atoms with Gasteiger partial charge in [-0.25, -0.2) is 0 Å². The van der Waals surface area contributed by atoms with Crippen LogP contribution in [0.5, 0.6) is 11.5 Å². The molecule has 4 rings (SSSR count). The third kappa shape index (κ3) is 4.55. The number of Topliss-reactive ketones (excluding diaryl/α,β-unsaturated/α-hetero) is 1.